The second-order valence-corrected chi connectivity index (χ2v) is 4.96. The van der Waals surface area contributed by atoms with Crippen molar-refractivity contribution in [1.29, 1.82) is 0 Å². The van der Waals surface area contributed by atoms with Crippen molar-refractivity contribution in [3.63, 3.8) is 0 Å². The molecule has 98 valence electrons. The molecule has 1 aliphatic rings. The fourth-order valence-corrected chi connectivity index (χ4v) is 2.55. The second-order valence-electron chi connectivity index (χ2n) is 4.60. The number of aryl methyl sites for hydroxylation is 1. The molecule has 0 radical (unpaired) electrons. The lowest BCUT2D eigenvalue weighted by Crippen LogP contribution is -2.10. The standard InChI is InChI=1S/C14H13ClFN3/c15-13-11-3-1-2-4-12(11)18-14(19-13)17-10-7-5-9(16)6-8-10/h5-8H,1-4H2,(H,17,18,19). The Hall–Kier alpha value is -1.68. The summed E-state index contributed by atoms with van der Waals surface area (Å²) in [5.74, 6) is 0.201. The molecule has 0 amide bonds. The van der Waals surface area contributed by atoms with Crippen molar-refractivity contribution < 1.29 is 4.39 Å². The van der Waals surface area contributed by atoms with Gasteiger partial charge in [0.1, 0.15) is 11.0 Å². The van der Waals surface area contributed by atoms with Crippen LogP contribution in [0.15, 0.2) is 24.3 Å². The average Bonchev–Trinajstić information content (AvgIpc) is 2.42. The zero-order chi connectivity index (χ0) is 13.2. The molecule has 1 N–H and O–H groups in total. The molecular formula is C14H13ClFN3. The van der Waals surface area contributed by atoms with Crippen LogP contribution in [0.1, 0.15) is 24.1 Å². The maximum atomic E-state index is 12.8. The molecule has 19 heavy (non-hydrogen) atoms. The van der Waals surface area contributed by atoms with E-state index < -0.39 is 0 Å². The third-order valence-electron chi connectivity index (χ3n) is 3.23. The van der Waals surface area contributed by atoms with Gasteiger partial charge < -0.3 is 5.32 Å². The van der Waals surface area contributed by atoms with E-state index in [0.29, 0.717) is 11.1 Å². The van der Waals surface area contributed by atoms with Crippen LogP contribution in [-0.4, -0.2) is 9.97 Å². The minimum Gasteiger partial charge on any atom is -0.324 e. The smallest absolute Gasteiger partial charge is 0.228 e. The van der Waals surface area contributed by atoms with Crippen LogP contribution in [0.5, 0.6) is 0 Å². The molecule has 3 rings (SSSR count). The van der Waals surface area contributed by atoms with E-state index in [1.54, 1.807) is 12.1 Å². The van der Waals surface area contributed by atoms with Gasteiger partial charge in [0.25, 0.3) is 0 Å². The number of rotatable bonds is 2. The molecule has 0 unspecified atom stereocenters. The second kappa shape index (κ2) is 5.13. The van der Waals surface area contributed by atoms with Gasteiger partial charge >= 0.3 is 0 Å². The molecule has 3 nitrogen and oxygen atoms in total. The summed E-state index contributed by atoms with van der Waals surface area (Å²) < 4.78 is 12.8. The van der Waals surface area contributed by atoms with Crippen LogP contribution in [0.2, 0.25) is 5.15 Å². The summed E-state index contributed by atoms with van der Waals surface area (Å²) in [6, 6.07) is 6.07. The summed E-state index contributed by atoms with van der Waals surface area (Å²) in [4.78, 5) is 8.75. The van der Waals surface area contributed by atoms with Gasteiger partial charge in [-0.1, -0.05) is 11.6 Å². The maximum Gasteiger partial charge on any atom is 0.228 e. The molecular weight excluding hydrogens is 265 g/mol. The highest BCUT2D eigenvalue weighted by molar-refractivity contribution is 6.30. The van der Waals surface area contributed by atoms with E-state index in [2.05, 4.69) is 15.3 Å². The largest absolute Gasteiger partial charge is 0.324 e. The third-order valence-corrected chi connectivity index (χ3v) is 3.55. The first-order chi connectivity index (χ1) is 9.22. The van der Waals surface area contributed by atoms with Crippen molar-refractivity contribution in [1.82, 2.24) is 9.97 Å². The van der Waals surface area contributed by atoms with Gasteiger partial charge in [-0.3, -0.25) is 0 Å². The number of nitrogens with zero attached hydrogens (tertiary/aromatic N) is 2. The first-order valence-electron chi connectivity index (χ1n) is 6.30. The number of anilines is 2. The Morgan fingerprint density at radius 2 is 1.79 bits per heavy atom. The molecule has 0 fully saturated rings. The zero-order valence-corrected chi connectivity index (χ0v) is 11.0. The Labute approximate surface area is 115 Å². The first kappa shape index (κ1) is 12.4. The van der Waals surface area contributed by atoms with E-state index in [0.717, 1.165) is 42.6 Å². The van der Waals surface area contributed by atoms with E-state index in [4.69, 9.17) is 11.6 Å². The van der Waals surface area contributed by atoms with Gasteiger partial charge in [0.05, 0.1) is 5.69 Å². The minimum absolute atomic E-state index is 0.269. The molecule has 0 atom stereocenters. The predicted molar refractivity (Wildman–Crippen MR) is 73.4 cm³/mol. The topological polar surface area (TPSA) is 37.8 Å². The third kappa shape index (κ3) is 2.68. The van der Waals surface area contributed by atoms with Crippen molar-refractivity contribution in [2.24, 2.45) is 0 Å². The Bertz CT molecular complexity index is 598. The number of aromatic nitrogens is 2. The molecule has 1 aromatic heterocycles. The van der Waals surface area contributed by atoms with Crippen molar-refractivity contribution >= 4 is 23.2 Å². The minimum atomic E-state index is -0.269. The van der Waals surface area contributed by atoms with Crippen LogP contribution in [-0.2, 0) is 12.8 Å². The monoisotopic (exact) mass is 277 g/mol. The van der Waals surface area contributed by atoms with Gasteiger partial charge in [0, 0.05) is 11.3 Å². The molecule has 1 aromatic carbocycles. The van der Waals surface area contributed by atoms with Gasteiger partial charge in [-0.15, -0.1) is 0 Å². The Balaban J connectivity index is 1.89. The Morgan fingerprint density at radius 1 is 1.05 bits per heavy atom. The fourth-order valence-electron chi connectivity index (χ4n) is 2.27. The molecule has 0 saturated carbocycles. The highest BCUT2D eigenvalue weighted by Crippen LogP contribution is 2.27. The summed E-state index contributed by atoms with van der Waals surface area (Å²) in [5.41, 5.74) is 2.83. The molecule has 0 saturated heterocycles. The maximum absolute atomic E-state index is 12.8. The molecule has 2 aromatic rings. The predicted octanol–water partition coefficient (Wildman–Crippen LogP) is 3.89. The fraction of sp³-hybridized carbons (Fsp3) is 0.286. The number of benzene rings is 1. The number of hydrogen-bond acceptors (Lipinski definition) is 3. The first-order valence-corrected chi connectivity index (χ1v) is 6.68. The van der Waals surface area contributed by atoms with Crippen molar-refractivity contribution in [3.8, 4) is 0 Å². The van der Waals surface area contributed by atoms with Crippen LogP contribution in [0.3, 0.4) is 0 Å². The lowest BCUT2D eigenvalue weighted by atomic mass is 9.97. The molecule has 1 aliphatic carbocycles. The number of nitrogens with one attached hydrogen (secondary N) is 1. The van der Waals surface area contributed by atoms with E-state index in [1.165, 1.54) is 12.1 Å². The van der Waals surface area contributed by atoms with E-state index >= 15 is 0 Å². The average molecular weight is 278 g/mol. The Kier molecular flexibility index (Phi) is 3.34. The summed E-state index contributed by atoms with van der Waals surface area (Å²) in [6.07, 6.45) is 4.16. The van der Waals surface area contributed by atoms with E-state index in [-0.39, 0.29) is 5.82 Å². The van der Waals surface area contributed by atoms with E-state index in [1.807, 2.05) is 0 Å². The van der Waals surface area contributed by atoms with E-state index in [9.17, 15) is 4.39 Å². The van der Waals surface area contributed by atoms with Crippen LogP contribution in [0, 0.1) is 5.82 Å². The number of hydrogen-bond donors (Lipinski definition) is 1. The van der Waals surface area contributed by atoms with Gasteiger partial charge in [-0.05, 0) is 49.9 Å². The van der Waals surface area contributed by atoms with Gasteiger partial charge in [0.15, 0.2) is 0 Å². The highest BCUT2D eigenvalue weighted by Gasteiger charge is 2.16. The zero-order valence-electron chi connectivity index (χ0n) is 10.3. The molecule has 0 aliphatic heterocycles. The van der Waals surface area contributed by atoms with Crippen LogP contribution in [0.4, 0.5) is 16.0 Å². The number of fused-ring (bicyclic) bond motifs is 1. The van der Waals surface area contributed by atoms with Crippen molar-refractivity contribution in [3.05, 3.63) is 46.5 Å². The van der Waals surface area contributed by atoms with Crippen LogP contribution >= 0.6 is 11.6 Å². The normalized spacial score (nSPS) is 14.0. The van der Waals surface area contributed by atoms with Gasteiger partial charge in [-0.2, -0.15) is 0 Å². The molecule has 0 spiro atoms. The Morgan fingerprint density at radius 3 is 2.58 bits per heavy atom. The molecule has 1 heterocycles. The molecule has 0 bridgehead atoms. The SMILES string of the molecule is Fc1ccc(Nc2nc(Cl)c3c(n2)CCCC3)cc1. The number of halogens is 2. The summed E-state index contributed by atoms with van der Waals surface area (Å²) in [7, 11) is 0. The van der Waals surface area contributed by atoms with Gasteiger partial charge in [-0.25, -0.2) is 14.4 Å². The van der Waals surface area contributed by atoms with Crippen molar-refractivity contribution in [2.75, 3.05) is 5.32 Å². The van der Waals surface area contributed by atoms with Gasteiger partial charge in [0.2, 0.25) is 5.95 Å². The lowest BCUT2D eigenvalue weighted by molar-refractivity contribution is 0.628. The van der Waals surface area contributed by atoms with Crippen LogP contribution < -0.4 is 5.32 Å². The summed E-state index contributed by atoms with van der Waals surface area (Å²) >= 11 is 6.19. The quantitative estimate of drug-likeness (QED) is 0.846. The summed E-state index contributed by atoms with van der Waals surface area (Å²) in [6.45, 7) is 0. The highest BCUT2D eigenvalue weighted by atomic mass is 35.5. The van der Waals surface area contributed by atoms with Crippen LogP contribution in [0.25, 0.3) is 0 Å². The lowest BCUT2D eigenvalue weighted by Gasteiger charge is -2.16. The molecule has 5 heteroatoms. The van der Waals surface area contributed by atoms with Crippen molar-refractivity contribution in [2.45, 2.75) is 25.7 Å². The summed E-state index contributed by atoms with van der Waals surface area (Å²) in [5, 5.41) is 3.57.